The van der Waals surface area contributed by atoms with Crippen molar-refractivity contribution in [2.24, 2.45) is 4.99 Å². The van der Waals surface area contributed by atoms with Crippen molar-refractivity contribution < 1.29 is 0 Å². The molecule has 0 unspecified atom stereocenters. The van der Waals surface area contributed by atoms with Crippen molar-refractivity contribution in [1.82, 2.24) is 0 Å². The zero-order valence-electron chi connectivity index (χ0n) is 8.38. The maximum atomic E-state index is 4.65. The normalized spacial score (nSPS) is 19.1. The summed E-state index contributed by atoms with van der Waals surface area (Å²) in [6, 6.07) is 8.65. The number of aliphatic imine (C=N–C) groups is 1. The second-order valence-electron chi connectivity index (χ2n) is 4.13. The third-order valence-corrected chi connectivity index (χ3v) is 3.08. The Morgan fingerprint density at radius 2 is 2.00 bits per heavy atom. The largest absolute Gasteiger partial charge is 0.257 e. The summed E-state index contributed by atoms with van der Waals surface area (Å²) in [6.45, 7) is 2.13. The summed E-state index contributed by atoms with van der Waals surface area (Å²) in [7, 11) is 0. The standard InChI is InChI=1S/C13H13N/c1-9-8-11-7-6-10-4-2-3-5-12(10)13(11)14-9/h2-5H,6-8H2,1H3. The van der Waals surface area contributed by atoms with Crippen LogP contribution >= 0.6 is 0 Å². The number of hydrogen-bond acceptors (Lipinski definition) is 1. The van der Waals surface area contributed by atoms with Gasteiger partial charge in [0.25, 0.3) is 0 Å². The number of hydrogen-bond donors (Lipinski definition) is 0. The van der Waals surface area contributed by atoms with E-state index in [9.17, 15) is 0 Å². The van der Waals surface area contributed by atoms with Gasteiger partial charge in [-0.1, -0.05) is 24.3 Å². The van der Waals surface area contributed by atoms with E-state index in [1.54, 1.807) is 5.57 Å². The smallest absolute Gasteiger partial charge is 0.0700 e. The van der Waals surface area contributed by atoms with Gasteiger partial charge in [0, 0.05) is 17.7 Å². The van der Waals surface area contributed by atoms with E-state index in [1.165, 1.54) is 35.4 Å². The Balaban J connectivity index is 2.19. The minimum Gasteiger partial charge on any atom is -0.257 e. The molecule has 1 heterocycles. The Morgan fingerprint density at radius 3 is 2.93 bits per heavy atom. The van der Waals surface area contributed by atoms with Crippen LogP contribution in [-0.2, 0) is 6.42 Å². The molecule has 1 nitrogen and oxygen atoms in total. The summed E-state index contributed by atoms with van der Waals surface area (Å²) in [6.07, 6.45) is 3.49. The van der Waals surface area contributed by atoms with Gasteiger partial charge in [-0.2, -0.15) is 0 Å². The Morgan fingerprint density at radius 1 is 1.14 bits per heavy atom. The highest BCUT2D eigenvalue weighted by Gasteiger charge is 2.22. The lowest BCUT2D eigenvalue weighted by Gasteiger charge is -2.16. The van der Waals surface area contributed by atoms with Gasteiger partial charge in [0.15, 0.2) is 0 Å². The molecular weight excluding hydrogens is 170 g/mol. The van der Waals surface area contributed by atoms with Gasteiger partial charge in [0.1, 0.15) is 0 Å². The van der Waals surface area contributed by atoms with Gasteiger partial charge in [-0.05, 0) is 30.9 Å². The molecule has 0 N–H and O–H groups in total. The molecule has 1 aliphatic heterocycles. The zero-order valence-corrected chi connectivity index (χ0v) is 8.38. The molecule has 1 heteroatoms. The second-order valence-corrected chi connectivity index (χ2v) is 4.13. The summed E-state index contributed by atoms with van der Waals surface area (Å²) < 4.78 is 0. The predicted octanol–water partition coefficient (Wildman–Crippen LogP) is 3.21. The minimum absolute atomic E-state index is 1.10. The highest BCUT2D eigenvalue weighted by Crippen LogP contribution is 2.37. The van der Waals surface area contributed by atoms with Crippen LogP contribution in [0.4, 0.5) is 0 Å². The quantitative estimate of drug-likeness (QED) is 0.585. The van der Waals surface area contributed by atoms with Crippen molar-refractivity contribution in [2.45, 2.75) is 26.2 Å². The number of allylic oxidation sites excluding steroid dienone is 1. The van der Waals surface area contributed by atoms with Gasteiger partial charge in [0.2, 0.25) is 0 Å². The SMILES string of the molecule is CC1=NC2=C(CCc3ccccc32)C1. The molecule has 1 aromatic carbocycles. The Hall–Kier alpha value is -1.37. The van der Waals surface area contributed by atoms with Crippen molar-refractivity contribution >= 4 is 11.4 Å². The fraction of sp³-hybridized carbons (Fsp3) is 0.308. The molecule has 0 radical (unpaired) electrons. The molecule has 3 rings (SSSR count). The van der Waals surface area contributed by atoms with Crippen LogP contribution in [0.2, 0.25) is 0 Å². The average molecular weight is 183 g/mol. The van der Waals surface area contributed by atoms with Crippen molar-refractivity contribution in [3.8, 4) is 0 Å². The molecule has 0 saturated carbocycles. The van der Waals surface area contributed by atoms with Crippen molar-refractivity contribution in [2.75, 3.05) is 0 Å². The maximum absolute atomic E-state index is 4.65. The minimum atomic E-state index is 1.10. The fourth-order valence-corrected chi connectivity index (χ4v) is 2.41. The summed E-state index contributed by atoms with van der Waals surface area (Å²) in [4.78, 5) is 4.65. The molecule has 1 aromatic rings. The van der Waals surface area contributed by atoms with E-state index in [0.29, 0.717) is 0 Å². The first kappa shape index (κ1) is 7.98. The van der Waals surface area contributed by atoms with Gasteiger partial charge in [0.05, 0.1) is 5.70 Å². The summed E-state index contributed by atoms with van der Waals surface area (Å²) in [5, 5.41) is 0. The maximum Gasteiger partial charge on any atom is 0.0700 e. The molecule has 1 aliphatic carbocycles. The van der Waals surface area contributed by atoms with Crippen molar-refractivity contribution in [3.63, 3.8) is 0 Å². The number of benzene rings is 1. The second kappa shape index (κ2) is 2.81. The van der Waals surface area contributed by atoms with Crippen LogP contribution in [0.5, 0.6) is 0 Å². The first-order valence-corrected chi connectivity index (χ1v) is 5.19. The molecule has 70 valence electrons. The Kier molecular flexibility index (Phi) is 1.60. The lowest BCUT2D eigenvalue weighted by atomic mass is 9.89. The monoisotopic (exact) mass is 183 g/mol. The topological polar surface area (TPSA) is 12.4 Å². The molecule has 0 saturated heterocycles. The summed E-state index contributed by atoms with van der Waals surface area (Å²) in [5.74, 6) is 0. The van der Waals surface area contributed by atoms with Crippen LogP contribution < -0.4 is 0 Å². The van der Waals surface area contributed by atoms with E-state index in [2.05, 4.69) is 36.2 Å². The van der Waals surface area contributed by atoms with E-state index in [-0.39, 0.29) is 0 Å². The summed E-state index contributed by atoms with van der Waals surface area (Å²) >= 11 is 0. The third kappa shape index (κ3) is 1.05. The first-order valence-electron chi connectivity index (χ1n) is 5.19. The highest BCUT2D eigenvalue weighted by molar-refractivity contribution is 5.97. The van der Waals surface area contributed by atoms with Crippen LogP contribution in [0.3, 0.4) is 0 Å². The lowest BCUT2D eigenvalue weighted by Crippen LogP contribution is -2.01. The first-order chi connectivity index (χ1) is 6.84. The summed E-state index contributed by atoms with van der Waals surface area (Å²) in [5.41, 5.74) is 6.91. The third-order valence-electron chi connectivity index (χ3n) is 3.08. The van der Waals surface area contributed by atoms with Crippen molar-refractivity contribution in [3.05, 3.63) is 41.0 Å². The van der Waals surface area contributed by atoms with Crippen LogP contribution in [0, 0.1) is 0 Å². The molecule has 0 spiro atoms. The number of nitrogens with zero attached hydrogens (tertiary/aromatic N) is 1. The molecule has 0 amide bonds. The van der Waals surface area contributed by atoms with Crippen LogP contribution in [0.15, 0.2) is 34.8 Å². The van der Waals surface area contributed by atoms with Gasteiger partial charge >= 0.3 is 0 Å². The molecular formula is C13H13N. The highest BCUT2D eigenvalue weighted by atomic mass is 14.8. The average Bonchev–Trinajstić information content (AvgIpc) is 2.59. The van der Waals surface area contributed by atoms with Gasteiger partial charge in [-0.3, -0.25) is 4.99 Å². The molecule has 0 atom stereocenters. The molecule has 14 heavy (non-hydrogen) atoms. The van der Waals surface area contributed by atoms with Crippen molar-refractivity contribution in [1.29, 1.82) is 0 Å². The molecule has 0 aromatic heterocycles. The van der Waals surface area contributed by atoms with Crippen LogP contribution in [-0.4, -0.2) is 5.71 Å². The Labute approximate surface area is 84.2 Å². The van der Waals surface area contributed by atoms with E-state index < -0.39 is 0 Å². The zero-order chi connectivity index (χ0) is 9.54. The van der Waals surface area contributed by atoms with E-state index in [1.807, 2.05) is 0 Å². The Bertz CT molecular complexity index is 452. The van der Waals surface area contributed by atoms with Gasteiger partial charge in [-0.15, -0.1) is 0 Å². The number of aryl methyl sites for hydroxylation is 1. The predicted molar refractivity (Wildman–Crippen MR) is 59.4 cm³/mol. The van der Waals surface area contributed by atoms with Gasteiger partial charge < -0.3 is 0 Å². The van der Waals surface area contributed by atoms with E-state index >= 15 is 0 Å². The van der Waals surface area contributed by atoms with Gasteiger partial charge in [-0.25, -0.2) is 0 Å². The molecule has 2 aliphatic rings. The number of fused-ring (bicyclic) bond motifs is 2. The molecule has 0 bridgehead atoms. The number of rotatable bonds is 0. The lowest BCUT2D eigenvalue weighted by molar-refractivity contribution is 0.906. The molecule has 0 fully saturated rings. The van der Waals surface area contributed by atoms with E-state index in [0.717, 1.165) is 6.42 Å². The van der Waals surface area contributed by atoms with Crippen LogP contribution in [0.1, 0.15) is 30.9 Å². The van der Waals surface area contributed by atoms with Crippen LogP contribution in [0.25, 0.3) is 5.70 Å². The van der Waals surface area contributed by atoms with E-state index in [4.69, 9.17) is 0 Å². The fourth-order valence-electron chi connectivity index (χ4n) is 2.41.